The second-order valence-electron chi connectivity index (χ2n) is 5.24. The Kier molecular flexibility index (Phi) is 8.20. The smallest absolute Gasteiger partial charge is 0.376 e. The monoisotopic (exact) mass is 461 g/mol. The van der Waals surface area contributed by atoms with E-state index < -0.39 is 17.6 Å². The van der Waals surface area contributed by atoms with Gasteiger partial charge in [0, 0.05) is 26.7 Å². The average molecular weight is 461 g/mol. The van der Waals surface area contributed by atoms with Gasteiger partial charge in [0.2, 0.25) is 0 Å². The number of ether oxygens (including phenoxy) is 1. The minimum Gasteiger partial charge on any atom is -0.376 e. The van der Waals surface area contributed by atoms with E-state index in [2.05, 4.69) is 15.6 Å². The van der Waals surface area contributed by atoms with Gasteiger partial charge in [-0.1, -0.05) is 6.07 Å². The van der Waals surface area contributed by atoms with Gasteiger partial charge in [0.1, 0.15) is 5.82 Å². The van der Waals surface area contributed by atoms with Crippen molar-refractivity contribution in [2.24, 2.45) is 4.99 Å². The Morgan fingerprint density at radius 2 is 2.08 bits per heavy atom. The van der Waals surface area contributed by atoms with Crippen LogP contribution in [0.15, 0.2) is 23.2 Å². The van der Waals surface area contributed by atoms with Crippen LogP contribution >= 0.6 is 24.0 Å². The topological polar surface area (TPSA) is 45.7 Å². The lowest BCUT2D eigenvalue weighted by Gasteiger charge is -2.17. The number of alkyl halides is 3. The highest BCUT2D eigenvalue weighted by Gasteiger charge is 2.33. The molecule has 9 heteroatoms. The molecule has 136 valence electrons. The summed E-state index contributed by atoms with van der Waals surface area (Å²) in [7, 11) is 1.53. The Hall–Kier alpha value is -1.10. The van der Waals surface area contributed by atoms with E-state index in [0.29, 0.717) is 18.6 Å². The van der Waals surface area contributed by atoms with Gasteiger partial charge in [-0.05, 0) is 30.5 Å². The fourth-order valence-corrected chi connectivity index (χ4v) is 2.38. The van der Waals surface area contributed by atoms with E-state index in [9.17, 15) is 17.6 Å². The fraction of sp³-hybridized carbons (Fsp3) is 0.533. The lowest BCUT2D eigenvalue weighted by Crippen LogP contribution is -2.40. The van der Waals surface area contributed by atoms with Gasteiger partial charge in [-0.25, -0.2) is 4.39 Å². The molecule has 1 heterocycles. The molecule has 2 rings (SSSR count). The number of hydrogen-bond acceptors (Lipinski definition) is 2. The minimum atomic E-state index is -4.60. The summed E-state index contributed by atoms with van der Waals surface area (Å²) in [6, 6.07) is 2.63. The van der Waals surface area contributed by atoms with Crippen molar-refractivity contribution in [3.8, 4) is 0 Å². The predicted octanol–water partition coefficient (Wildman–Crippen LogP) is 3.31. The molecule has 1 fully saturated rings. The summed E-state index contributed by atoms with van der Waals surface area (Å²) in [5.41, 5.74) is -1.03. The van der Waals surface area contributed by atoms with Gasteiger partial charge in [0.15, 0.2) is 5.96 Å². The molecular formula is C15H20F4IN3O. The minimum absolute atomic E-state index is 0. The number of nitrogens with zero attached hydrogens (tertiary/aromatic N) is 1. The Bertz CT molecular complexity index is 560. The fourth-order valence-electron chi connectivity index (χ4n) is 2.38. The van der Waals surface area contributed by atoms with Crippen molar-refractivity contribution in [2.45, 2.75) is 31.7 Å². The van der Waals surface area contributed by atoms with Crippen LogP contribution in [0.25, 0.3) is 0 Å². The van der Waals surface area contributed by atoms with Crippen LogP contribution in [0.5, 0.6) is 0 Å². The van der Waals surface area contributed by atoms with Crippen LogP contribution < -0.4 is 10.6 Å². The maximum atomic E-state index is 13.1. The van der Waals surface area contributed by atoms with Crippen LogP contribution in [-0.2, 0) is 17.5 Å². The third-order valence-electron chi connectivity index (χ3n) is 3.57. The maximum absolute atomic E-state index is 13.1. The SMILES string of the molecule is CN=C(NCc1ccc(F)cc1C(F)(F)F)NCC1CCCO1.I. The summed E-state index contributed by atoms with van der Waals surface area (Å²) < 4.78 is 57.3. The molecule has 0 radical (unpaired) electrons. The molecule has 2 N–H and O–H groups in total. The van der Waals surface area contributed by atoms with Gasteiger partial charge < -0.3 is 15.4 Å². The van der Waals surface area contributed by atoms with E-state index in [1.165, 1.54) is 7.05 Å². The molecular weight excluding hydrogens is 441 g/mol. The summed E-state index contributed by atoms with van der Waals surface area (Å²) in [5, 5.41) is 5.81. The third kappa shape index (κ3) is 6.08. The highest BCUT2D eigenvalue weighted by Crippen LogP contribution is 2.32. The zero-order valence-electron chi connectivity index (χ0n) is 13.1. The number of halogens is 5. The summed E-state index contributed by atoms with van der Waals surface area (Å²) in [6.07, 6.45) is -2.57. The normalized spacial score (nSPS) is 18.2. The number of hydrogen-bond donors (Lipinski definition) is 2. The molecule has 0 aromatic heterocycles. The first-order chi connectivity index (χ1) is 10.9. The number of nitrogens with one attached hydrogen (secondary N) is 2. The molecule has 0 spiro atoms. The molecule has 4 nitrogen and oxygen atoms in total. The molecule has 24 heavy (non-hydrogen) atoms. The predicted molar refractivity (Wildman–Crippen MR) is 94.0 cm³/mol. The van der Waals surface area contributed by atoms with E-state index in [-0.39, 0.29) is 42.2 Å². The van der Waals surface area contributed by atoms with Crippen molar-refractivity contribution in [2.75, 3.05) is 20.2 Å². The standard InChI is InChI=1S/C15H19F4N3O.HI/c1-20-14(22-9-12-3-2-6-23-12)21-8-10-4-5-11(16)7-13(10)15(17,18)19;/h4-5,7,12H,2-3,6,8-9H2,1H3,(H2,20,21,22);1H. The largest absolute Gasteiger partial charge is 0.416 e. The maximum Gasteiger partial charge on any atom is 0.416 e. The van der Waals surface area contributed by atoms with Crippen molar-refractivity contribution < 1.29 is 22.3 Å². The Morgan fingerprint density at radius 3 is 2.67 bits per heavy atom. The van der Waals surface area contributed by atoms with E-state index >= 15 is 0 Å². The van der Waals surface area contributed by atoms with Crippen molar-refractivity contribution in [3.05, 3.63) is 35.1 Å². The van der Waals surface area contributed by atoms with Gasteiger partial charge in [-0.2, -0.15) is 13.2 Å². The van der Waals surface area contributed by atoms with Crippen LogP contribution in [0.2, 0.25) is 0 Å². The van der Waals surface area contributed by atoms with E-state index in [4.69, 9.17) is 4.74 Å². The molecule has 0 bridgehead atoms. The van der Waals surface area contributed by atoms with Crippen LogP contribution in [0.3, 0.4) is 0 Å². The molecule has 0 aliphatic carbocycles. The van der Waals surface area contributed by atoms with Gasteiger partial charge in [0.25, 0.3) is 0 Å². The van der Waals surface area contributed by atoms with Crippen molar-refractivity contribution >= 4 is 29.9 Å². The molecule has 0 saturated carbocycles. The quantitative estimate of drug-likeness (QED) is 0.313. The second-order valence-corrected chi connectivity index (χ2v) is 5.24. The number of guanidine groups is 1. The number of aliphatic imine (C=N–C) groups is 1. The second kappa shape index (κ2) is 9.40. The molecule has 1 aliphatic heterocycles. The zero-order valence-corrected chi connectivity index (χ0v) is 15.5. The van der Waals surface area contributed by atoms with Crippen molar-refractivity contribution in [1.29, 1.82) is 0 Å². The summed E-state index contributed by atoms with van der Waals surface area (Å²) in [4.78, 5) is 3.96. The van der Waals surface area contributed by atoms with Crippen LogP contribution in [0, 0.1) is 5.82 Å². The van der Waals surface area contributed by atoms with Crippen LogP contribution in [-0.4, -0.2) is 32.3 Å². The highest BCUT2D eigenvalue weighted by molar-refractivity contribution is 14.0. The van der Waals surface area contributed by atoms with E-state index in [1.54, 1.807) is 0 Å². The zero-order chi connectivity index (χ0) is 16.9. The van der Waals surface area contributed by atoms with E-state index in [0.717, 1.165) is 31.6 Å². The number of benzene rings is 1. The first kappa shape index (κ1) is 20.9. The van der Waals surface area contributed by atoms with Gasteiger partial charge in [-0.15, -0.1) is 24.0 Å². The van der Waals surface area contributed by atoms with Gasteiger partial charge >= 0.3 is 6.18 Å². The first-order valence-corrected chi connectivity index (χ1v) is 7.32. The molecule has 1 atom stereocenters. The Labute approximate surface area is 155 Å². The number of rotatable bonds is 4. The Balaban J connectivity index is 0.00000288. The molecule has 1 aliphatic rings. The molecule has 1 aromatic carbocycles. The summed E-state index contributed by atoms with van der Waals surface area (Å²) >= 11 is 0. The lowest BCUT2D eigenvalue weighted by molar-refractivity contribution is -0.138. The lowest BCUT2D eigenvalue weighted by atomic mass is 10.1. The highest BCUT2D eigenvalue weighted by atomic mass is 127. The van der Waals surface area contributed by atoms with Crippen LogP contribution in [0.4, 0.5) is 17.6 Å². The summed E-state index contributed by atoms with van der Waals surface area (Å²) in [5.74, 6) is -0.542. The molecule has 1 saturated heterocycles. The van der Waals surface area contributed by atoms with Gasteiger partial charge in [-0.3, -0.25) is 4.99 Å². The third-order valence-corrected chi connectivity index (χ3v) is 3.57. The Morgan fingerprint density at radius 1 is 1.33 bits per heavy atom. The molecule has 0 amide bonds. The van der Waals surface area contributed by atoms with Crippen molar-refractivity contribution in [1.82, 2.24) is 10.6 Å². The first-order valence-electron chi connectivity index (χ1n) is 7.32. The van der Waals surface area contributed by atoms with Crippen molar-refractivity contribution in [3.63, 3.8) is 0 Å². The molecule has 1 unspecified atom stereocenters. The summed E-state index contributed by atoms with van der Waals surface area (Å²) in [6.45, 7) is 1.15. The average Bonchev–Trinajstić information content (AvgIpc) is 3.01. The van der Waals surface area contributed by atoms with Crippen LogP contribution in [0.1, 0.15) is 24.0 Å². The molecule has 1 aromatic rings. The van der Waals surface area contributed by atoms with Gasteiger partial charge in [0.05, 0.1) is 11.7 Å². The van der Waals surface area contributed by atoms with E-state index in [1.807, 2.05) is 0 Å².